The minimum atomic E-state index is -0.0307. The zero-order valence-corrected chi connectivity index (χ0v) is 18.9. The van der Waals surface area contributed by atoms with Crippen LogP contribution in [-0.4, -0.2) is 45.1 Å². The van der Waals surface area contributed by atoms with Crippen molar-refractivity contribution in [1.29, 1.82) is 0 Å². The van der Waals surface area contributed by atoms with Crippen molar-refractivity contribution in [3.8, 4) is 11.5 Å². The first kappa shape index (κ1) is 22.1. The second-order valence-corrected chi connectivity index (χ2v) is 7.11. The molecule has 6 nitrogen and oxygen atoms in total. The second kappa shape index (κ2) is 10.4. The quantitative estimate of drug-likeness (QED) is 0.364. The van der Waals surface area contributed by atoms with Crippen LogP contribution < -0.4 is 20.1 Å². The Hall–Kier alpha value is -1.22. The Balaban J connectivity index is 0.00000261. The van der Waals surface area contributed by atoms with E-state index in [0.29, 0.717) is 12.8 Å². The Morgan fingerprint density at radius 3 is 2.63 bits per heavy atom. The summed E-state index contributed by atoms with van der Waals surface area (Å²) in [5, 5.41) is 6.84. The van der Waals surface area contributed by atoms with Crippen LogP contribution in [0.2, 0.25) is 0 Å². The van der Waals surface area contributed by atoms with Gasteiger partial charge >= 0.3 is 0 Å². The molecule has 2 N–H and O–H groups in total. The van der Waals surface area contributed by atoms with Crippen molar-refractivity contribution >= 4 is 29.9 Å². The molecule has 0 bridgehead atoms. The molecule has 1 fully saturated rings. The second-order valence-electron chi connectivity index (χ2n) is 7.11. The van der Waals surface area contributed by atoms with Crippen LogP contribution in [0.4, 0.5) is 0 Å². The molecule has 7 heteroatoms. The van der Waals surface area contributed by atoms with Crippen LogP contribution in [0.5, 0.6) is 11.5 Å². The minimum Gasteiger partial charge on any atom is -0.454 e. The summed E-state index contributed by atoms with van der Waals surface area (Å²) < 4.78 is 16.7. The number of hydrogen-bond donors (Lipinski definition) is 2. The molecule has 0 saturated carbocycles. The molecule has 1 unspecified atom stereocenters. The van der Waals surface area contributed by atoms with E-state index in [0.717, 1.165) is 63.0 Å². The fourth-order valence-corrected chi connectivity index (χ4v) is 3.41. The lowest BCUT2D eigenvalue weighted by Gasteiger charge is -2.37. The summed E-state index contributed by atoms with van der Waals surface area (Å²) in [7, 11) is 0. The molecule has 0 aromatic heterocycles. The van der Waals surface area contributed by atoms with Crippen molar-refractivity contribution in [3.63, 3.8) is 0 Å². The minimum absolute atomic E-state index is 0. The highest BCUT2D eigenvalue weighted by Gasteiger charge is 2.35. The summed E-state index contributed by atoms with van der Waals surface area (Å²) >= 11 is 0. The van der Waals surface area contributed by atoms with Crippen LogP contribution in [0.3, 0.4) is 0 Å². The standard InChI is InChI=1S/C20H31N3O3.HI/c1-4-15(3)23-19(21-5-2)22-13-20(8-10-24-11-9-20)16-6-7-17-18(12-16)26-14-25-17;/h6-7,12,15H,4-5,8-11,13-14H2,1-3H3,(H2,21,22,23);1H. The van der Waals surface area contributed by atoms with Crippen LogP contribution in [0.15, 0.2) is 23.2 Å². The van der Waals surface area contributed by atoms with Gasteiger partial charge < -0.3 is 24.8 Å². The first-order chi connectivity index (χ1) is 12.7. The Bertz CT molecular complexity index is 633. The number of benzene rings is 1. The topological polar surface area (TPSA) is 64.1 Å². The number of rotatable bonds is 6. The highest BCUT2D eigenvalue weighted by molar-refractivity contribution is 14.0. The lowest BCUT2D eigenvalue weighted by Crippen LogP contribution is -2.44. The van der Waals surface area contributed by atoms with E-state index in [1.54, 1.807) is 0 Å². The average molecular weight is 489 g/mol. The summed E-state index contributed by atoms with van der Waals surface area (Å²) in [5.74, 6) is 2.54. The summed E-state index contributed by atoms with van der Waals surface area (Å²) in [6, 6.07) is 6.69. The van der Waals surface area contributed by atoms with Gasteiger partial charge in [0.25, 0.3) is 0 Å². The third-order valence-corrected chi connectivity index (χ3v) is 5.31. The van der Waals surface area contributed by atoms with Crippen LogP contribution in [0.1, 0.15) is 45.6 Å². The van der Waals surface area contributed by atoms with E-state index in [2.05, 4.69) is 43.5 Å². The first-order valence-corrected chi connectivity index (χ1v) is 9.69. The molecule has 152 valence electrons. The highest BCUT2D eigenvalue weighted by Crippen LogP contribution is 2.41. The van der Waals surface area contributed by atoms with Crippen molar-refractivity contribution in [2.24, 2.45) is 4.99 Å². The number of halogens is 1. The molecule has 0 amide bonds. The van der Waals surface area contributed by atoms with Gasteiger partial charge in [0.2, 0.25) is 6.79 Å². The maximum absolute atomic E-state index is 5.64. The van der Waals surface area contributed by atoms with Crippen LogP contribution >= 0.6 is 24.0 Å². The number of guanidine groups is 1. The number of fused-ring (bicyclic) bond motifs is 1. The first-order valence-electron chi connectivity index (χ1n) is 9.69. The van der Waals surface area contributed by atoms with Gasteiger partial charge in [-0.3, -0.25) is 4.99 Å². The van der Waals surface area contributed by atoms with Crippen molar-refractivity contribution in [1.82, 2.24) is 10.6 Å². The summed E-state index contributed by atoms with van der Waals surface area (Å²) in [5.41, 5.74) is 1.23. The molecule has 1 aromatic carbocycles. The van der Waals surface area contributed by atoms with E-state index in [4.69, 9.17) is 19.2 Å². The molecule has 0 aliphatic carbocycles. The zero-order chi connectivity index (χ0) is 18.4. The van der Waals surface area contributed by atoms with Gasteiger partial charge in [-0.15, -0.1) is 24.0 Å². The zero-order valence-electron chi connectivity index (χ0n) is 16.5. The summed E-state index contributed by atoms with van der Waals surface area (Å²) in [4.78, 5) is 4.93. The summed E-state index contributed by atoms with van der Waals surface area (Å²) in [6.07, 6.45) is 2.98. The Kier molecular flexibility index (Phi) is 8.47. The molecule has 1 aromatic rings. The lowest BCUT2D eigenvalue weighted by molar-refractivity contribution is 0.0530. The van der Waals surface area contributed by atoms with Gasteiger partial charge in [0, 0.05) is 31.2 Å². The van der Waals surface area contributed by atoms with E-state index in [1.807, 2.05) is 6.07 Å². The third kappa shape index (κ3) is 5.40. The van der Waals surface area contributed by atoms with Gasteiger partial charge in [0.1, 0.15) is 0 Å². The van der Waals surface area contributed by atoms with Crippen molar-refractivity contribution < 1.29 is 14.2 Å². The fourth-order valence-electron chi connectivity index (χ4n) is 3.41. The van der Waals surface area contributed by atoms with Gasteiger partial charge in [-0.05, 0) is 50.8 Å². The molecule has 0 radical (unpaired) electrons. The Labute approximate surface area is 179 Å². The average Bonchev–Trinajstić information content (AvgIpc) is 3.15. The SMILES string of the molecule is CCNC(=NCC1(c2ccc3c(c2)OCO3)CCOCC1)NC(C)CC.I. The molecule has 0 spiro atoms. The number of ether oxygens (including phenoxy) is 3. The van der Waals surface area contributed by atoms with Gasteiger partial charge in [0.15, 0.2) is 17.5 Å². The third-order valence-electron chi connectivity index (χ3n) is 5.31. The molecule has 1 saturated heterocycles. The smallest absolute Gasteiger partial charge is 0.231 e. The normalized spacial score (nSPS) is 19.1. The molecular formula is C20H32IN3O3. The van der Waals surface area contributed by atoms with Gasteiger partial charge in [-0.25, -0.2) is 0 Å². The monoisotopic (exact) mass is 489 g/mol. The molecule has 2 aliphatic rings. The van der Waals surface area contributed by atoms with E-state index in [1.165, 1.54) is 5.56 Å². The molecule has 2 heterocycles. The molecule has 1 atom stereocenters. The Morgan fingerprint density at radius 1 is 1.19 bits per heavy atom. The predicted octanol–water partition coefficient (Wildman–Crippen LogP) is 3.44. The van der Waals surface area contributed by atoms with E-state index in [9.17, 15) is 0 Å². The number of nitrogens with one attached hydrogen (secondary N) is 2. The van der Waals surface area contributed by atoms with Crippen LogP contribution in [0, 0.1) is 0 Å². The largest absolute Gasteiger partial charge is 0.454 e. The maximum Gasteiger partial charge on any atom is 0.231 e. The van der Waals surface area contributed by atoms with E-state index >= 15 is 0 Å². The van der Waals surface area contributed by atoms with Gasteiger partial charge in [0.05, 0.1) is 6.54 Å². The van der Waals surface area contributed by atoms with Crippen molar-refractivity contribution in [3.05, 3.63) is 23.8 Å². The van der Waals surface area contributed by atoms with E-state index < -0.39 is 0 Å². The number of hydrogen-bond acceptors (Lipinski definition) is 4. The van der Waals surface area contributed by atoms with Gasteiger partial charge in [-0.2, -0.15) is 0 Å². The predicted molar refractivity (Wildman–Crippen MR) is 119 cm³/mol. The number of nitrogens with zero attached hydrogens (tertiary/aromatic N) is 1. The fraction of sp³-hybridized carbons (Fsp3) is 0.650. The lowest BCUT2D eigenvalue weighted by atomic mass is 9.74. The molecule has 2 aliphatic heterocycles. The van der Waals surface area contributed by atoms with Crippen LogP contribution in [-0.2, 0) is 10.2 Å². The molecular weight excluding hydrogens is 457 g/mol. The van der Waals surface area contributed by atoms with Crippen LogP contribution in [0.25, 0.3) is 0 Å². The molecule has 27 heavy (non-hydrogen) atoms. The van der Waals surface area contributed by atoms with Crippen molar-refractivity contribution in [2.45, 2.75) is 51.5 Å². The van der Waals surface area contributed by atoms with E-state index in [-0.39, 0.29) is 29.4 Å². The maximum atomic E-state index is 5.64. The van der Waals surface area contributed by atoms with Crippen molar-refractivity contribution in [2.75, 3.05) is 33.1 Å². The van der Waals surface area contributed by atoms with Gasteiger partial charge in [-0.1, -0.05) is 13.0 Å². The Morgan fingerprint density at radius 2 is 1.93 bits per heavy atom. The number of aliphatic imine (C=N–C) groups is 1. The molecule has 3 rings (SSSR count). The highest BCUT2D eigenvalue weighted by atomic mass is 127. The summed E-state index contributed by atoms with van der Waals surface area (Å²) in [6.45, 7) is 9.85.